The summed E-state index contributed by atoms with van der Waals surface area (Å²) < 4.78 is 5.11. The van der Waals surface area contributed by atoms with Crippen molar-refractivity contribution in [1.82, 2.24) is 4.90 Å². The topological polar surface area (TPSA) is 12.5 Å². The molecule has 66 valence electrons. The molecule has 0 N–H and O–H groups in total. The van der Waals surface area contributed by atoms with Crippen molar-refractivity contribution in [1.29, 1.82) is 0 Å². The minimum atomic E-state index is 0.777. The highest BCUT2D eigenvalue weighted by Gasteiger charge is 2.20. The Morgan fingerprint density at radius 2 is 2.45 bits per heavy atom. The van der Waals surface area contributed by atoms with Gasteiger partial charge in [0.15, 0.2) is 0 Å². The van der Waals surface area contributed by atoms with Crippen molar-refractivity contribution in [3.63, 3.8) is 0 Å². The van der Waals surface area contributed by atoms with Gasteiger partial charge in [-0.3, -0.25) is 0 Å². The lowest BCUT2D eigenvalue weighted by atomic mass is 10.1. The van der Waals surface area contributed by atoms with E-state index in [0.29, 0.717) is 0 Å². The highest BCUT2D eigenvalue weighted by molar-refractivity contribution is 9.09. The molecule has 0 amide bonds. The zero-order chi connectivity index (χ0) is 8.10. The molecule has 1 rings (SSSR count). The fraction of sp³-hybridized carbons (Fsp3) is 1.00. The molecule has 0 radical (unpaired) electrons. The summed E-state index contributed by atoms with van der Waals surface area (Å²) >= 11 is 3.45. The van der Waals surface area contributed by atoms with E-state index in [-0.39, 0.29) is 0 Å². The summed E-state index contributed by atoms with van der Waals surface area (Å²) in [6.07, 6.45) is 1.31. The van der Waals surface area contributed by atoms with Crippen molar-refractivity contribution in [2.24, 2.45) is 5.92 Å². The van der Waals surface area contributed by atoms with Crippen LogP contribution in [0, 0.1) is 5.92 Å². The molecule has 2 nitrogen and oxygen atoms in total. The van der Waals surface area contributed by atoms with E-state index in [0.717, 1.165) is 17.9 Å². The van der Waals surface area contributed by atoms with Gasteiger partial charge in [-0.25, -0.2) is 0 Å². The second-order valence-electron chi connectivity index (χ2n) is 3.10. The number of alkyl halides is 1. The third kappa shape index (κ3) is 3.09. The van der Waals surface area contributed by atoms with E-state index in [1.807, 2.05) is 0 Å². The van der Waals surface area contributed by atoms with E-state index in [4.69, 9.17) is 4.74 Å². The van der Waals surface area contributed by atoms with Gasteiger partial charge >= 0.3 is 0 Å². The third-order valence-corrected chi connectivity index (χ3v) is 2.53. The van der Waals surface area contributed by atoms with Crippen molar-refractivity contribution in [3.8, 4) is 0 Å². The lowest BCUT2D eigenvalue weighted by Crippen LogP contribution is -2.23. The number of likely N-dealkylation sites (tertiary alicyclic amines) is 1. The van der Waals surface area contributed by atoms with Gasteiger partial charge in [0.2, 0.25) is 0 Å². The monoisotopic (exact) mass is 221 g/mol. The van der Waals surface area contributed by atoms with Crippen LogP contribution in [-0.4, -0.2) is 43.6 Å². The molecule has 11 heavy (non-hydrogen) atoms. The Hall–Kier alpha value is 0.400. The van der Waals surface area contributed by atoms with Crippen molar-refractivity contribution in [2.45, 2.75) is 6.42 Å². The van der Waals surface area contributed by atoms with Crippen LogP contribution < -0.4 is 0 Å². The van der Waals surface area contributed by atoms with Crippen LogP contribution in [0.5, 0.6) is 0 Å². The molecule has 0 aromatic rings. The molecule has 0 bridgehead atoms. The van der Waals surface area contributed by atoms with Gasteiger partial charge in [-0.1, -0.05) is 15.9 Å². The predicted octanol–water partition coefficient (Wildman–Crippen LogP) is 1.35. The van der Waals surface area contributed by atoms with E-state index < -0.39 is 0 Å². The maximum Gasteiger partial charge on any atom is 0.0503 e. The van der Waals surface area contributed by atoms with Gasteiger partial charge in [0.1, 0.15) is 0 Å². The van der Waals surface area contributed by atoms with E-state index >= 15 is 0 Å². The number of rotatable bonds is 4. The molecule has 1 heterocycles. The summed E-state index contributed by atoms with van der Waals surface area (Å²) in [6.45, 7) is 4.58. The number of halogens is 1. The lowest BCUT2D eigenvalue weighted by molar-refractivity contribution is 0.154. The standard InChI is InChI=1S/C8H16BrNO/c1-11-7-8-2-4-10(6-8)5-3-9/h8H,2-7H2,1H3. The van der Waals surface area contributed by atoms with Crippen LogP contribution in [-0.2, 0) is 4.74 Å². The minimum Gasteiger partial charge on any atom is -0.384 e. The Morgan fingerprint density at radius 3 is 3.09 bits per heavy atom. The summed E-state index contributed by atoms with van der Waals surface area (Å²) in [5.74, 6) is 0.777. The van der Waals surface area contributed by atoms with Crippen LogP contribution in [0.15, 0.2) is 0 Å². The van der Waals surface area contributed by atoms with Gasteiger partial charge in [-0.05, 0) is 18.9 Å². The number of ether oxygens (including phenoxy) is 1. The normalized spacial score (nSPS) is 26.2. The second-order valence-corrected chi connectivity index (χ2v) is 3.89. The Bertz CT molecular complexity index is 98.3. The summed E-state index contributed by atoms with van der Waals surface area (Å²) in [7, 11) is 1.78. The molecule has 3 heteroatoms. The van der Waals surface area contributed by atoms with E-state index in [1.54, 1.807) is 7.11 Å². The third-order valence-electron chi connectivity index (χ3n) is 2.17. The van der Waals surface area contributed by atoms with Crippen LogP contribution in [0.2, 0.25) is 0 Å². The second kappa shape index (κ2) is 5.12. The van der Waals surface area contributed by atoms with Gasteiger partial charge in [0.05, 0.1) is 6.61 Å². The summed E-state index contributed by atoms with van der Waals surface area (Å²) in [4.78, 5) is 2.48. The maximum absolute atomic E-state index is 5.11. The van der Waals surface area contributed by atoms with Crippen molar-refractivity contribution >= 4 is 15.9 Å². The van der Waals surface area contributed by atoms with Gasteiger partial charge in [-0.2, -0.15) is 0 Å². The average Bonchev–Trinajstić information content (AvgIpc) is 2.38. The largest absolute Gasteiger partial charge is 0.384 e. The zero-order valence-electron chi connectivity index (χ0n) is 7.05. The van der Waals surface area contributed by atoms with Crippen molar-refractivity contribution in [3.05, 3.63) is 0 Å². The lowest BCUT2D eigenvalue weighted by Gasteiger charge is -2.13. The van der Waals surface area contributed by atoms with Crippen molar-refractivity contribution in [2.75, 3.05) is 38.7 Å². The number of hydrogen-bond donors (Lipinski definition) is 0. The highest BCUT2D eigenvalue weighted by atomic mass is 79.9. The Labute approximate surface area is 77.0 Å². The van der Waals surface area contributed by atoms with Crippen LogP contribution in [0.1, 0.15) is 6.42 Å². The van der Waals surface area contributed by atoms with Crippen LogP contribution in [0.25, 0.3) is 0 Å². The zero-order valence-corrected chi connectivity index (χ0v) is 8.64. The molecule has 1 fully saturated rings. The molecule has 0 aromatic carbocycles. The first-order valence-electron chi connectivity index (χ1n) is 4.14. The molecule has 0 saturated carbocycles. The number of nitrogens with zero attached hydrogens (tertiary/aromatic N) is 1. The molecule has 1 aliphatic rings. The Balaban J connectivity index is 2.12. The van der Waals surface area contributed by atoms with Crippen LogP contribution >= 0.6 is 15.9 Å². The molecule has 1 saturated heterocycles. The summed E-state index contributed by atoms with van der Waals surface area (Å²) in [5.41, 5.74) is 0. The summed E-state index contributed by atoms with van der Waals surface area (Å²) in [6, 6.07) is 0. The van der Waals surface area contributed by atoms with Crippen LogP contribution in [0.4, 0.5) is 0 Å². The van der Waals surface area contributed by atoms with Gasteiger partial charge < -0.3 is 9.64 Å². The fourth-order valence-electron chi connectivity index (χ4n) is 1.61. The van der Waals surface area contributed by atoms with Gasteiger partial charge in [0.25, 0.3) is 0 Å². The number of methoxy groups -OCH3 is 1. The SMILES string of the molecule is COCC1CCN(CCBr)C1. The molecule has 0 aromatic heterocycles. The maximum atomic E-state index is 5.11. The van der Waals surface area contributed by atoms with Gasteiger partial charge in [-0.15, -0.1) is 0 Å². The minimum absolute atomic E-state index is 0.777. The first kappa shape index (κ1) is 9.49. The first-order valence-corrected chi connectivity index (χ1v) is 5.26. The molecule has 1 unspecified atom stereocenters. The van der Waals surface area contributed by atoms with E-state index in [2.05, 4.69) is 20.8 Å². The molecule has 1 atom stereocenters. The summed E-state index contributed by atoms with van der Waals surface area (Å²) in [5, 5.41) is 1.09. The van der Waals surface area contributed by atoms with E-state index in [9.17, 15) is 0 Å². The molecular weight excluding hydrogens is 206 g/mol. The average molecular weight is 222 g/mol. The van der Waals surface area contributed by atoms with Gasteiger partial charge in [0, 0.05) is 25.5 Å². The Kier molecular flexibility index (Phi) is 4.41. The fourth-order valence-corrected chi connectivity index (χ4v) is 2.11. The predicted molar refractivity (Wildman–Crippen MR) is 50.2 cm³/mol. The molecule has 0 aliphatic carbocycles. The Morgan fingerprint density at radius 1 is 1.64 bits per heavy atom. The van der Waals surface area contributed by atoms with Crippen LogP contribution in [0.3, 0.4) is 0 Å². The van der Waals surface area contributed by atoms with Crippen molar-refractivity contribution < 1.29 is 4.74 Å². The van der Waals surface area contributed by atoms with E-state index in [1.165, 1.54) is 26.1 Å². The quantitative estimate of drug-likeness (QED) is 0.666. The molecular formula is C8H16BrNO. The molecule has 0 spiro atoms. The first-order chi connectivity index (χ1) is 5.36. The smallest absolute Gasteiger partial charge is 0.0503 e. The highest BCUT2D eigenvalue weighted by Crippen LogP contribution is 2.15. The number of hydrogen-bond acceptors (Lipinski definition) is 2. The molecule has 1 aliphatic heterocycles.